The Bertz CT molecular complexity index is 243. The molecule has 0 aliphatic carbocycles. The summed E-state index contributed by atoms with van der Waals surface area (Å²) < 4.78 is 0. The molecule has 3 heteroatoms. The Morgan fingerprint density at radius 1 is 1.42 bits per heavy atom. The van der Waals surface area contributed by atoms with Crippen molar-refractivity contribution >= 4 is 11.9 Å². The fraction of sp³-hybridized carbons (Fsp3) is 0.222. The molecular weight excluding hydrogens is 150 g/mol. The first-order chi connectivity index (χ1) is 5.84. The Kier molecular flexibility index (Phi) is 5.43. The van der Waals surface area contributed by atoms with Crippen molar-refractivity contribution < 1.29 is 0 Å². The predicted molar refractivity (Wildman–Crippen MR) is 53.2 cm³/mol. The molecule has 0 amide bonds. The molecule has 0 aliphatic heterocycles. The minimum Gasteiger partial charge on any atom is -0.405 e. The van der Waals surface area contributed by atoms with Crippen LogP contribution in [0.2, 0.25) is 0 Å². The average Bonchev–Trinajstić information content (AvgIpc) is 2.13. The average molecular weight is 165 g/mol. The van der Waals surface area contributed by atoms with E-state index >= 15 is 0 Å². The first-order valence-electron chi connectivity index (χ1n) is 3.93. The molecule has 0 bridgehead atoms. The minimum absolute atomic E-state index is 0.504. The molecule has 3 nitrogen and oxygen atoms in total. The Balaban J connectivity index is 0.000000561. The van der Waals surface area contributed by atoms with Crippen LogP contribution in [0.15, 0.2) is 24.5 Å². The number of pyridine rings is 1. The maximum absolute atomic E-state index is 5.49. The van der Waals surface area contributed by atoms with Crippen LogP contribution in [0.5, 0.6) is 0 Å². The molecule has 0 spiro atoms. The Morgan fingerprint density at radius 2 is 2.08 bits per heavy atom. The van der Waals surface area contributed by atoms with Crippen molar-refractivity contribution in [1.29, 1.82) is 0 Å². The maximum Gasteiger partial charge on any atom is 0.130 e. The van der Waals surface area contributed by atoms with Crippen LogP contribution in [0.25, 0.3) is 6.08 Å². The molecule has 0 atom stereocenters. The van der Waals surface area contributed by atoms with Crippen molar-refractivity contribution in [3.8, 4) is 0 Å². The molecule has 0 aromatic carbocycles. The molecule has 1 aromatic heterocycles. The monoisotopic (exact) mass is 165 g/mol. The van der Waals surface area contributed by atoms with Crippen molar-refractivity contribution in [2.75, 3.05) is 5.73 Å². The van der Waals surface area contributed by atoms with Gasteiger partial charge in [0.1, 0.15) is 5.82 Å². The lowest BCUT2D eigenvalue weighted by molar-refractivity contribution is 1.32. The fourth-order valence-electron chi connectivity index (χ4n) is 0.675. The number of hydrogen-bond donors (Lipinski definition) is 2. The zero-order chi connectivity index (χ0) is 9.40. The van der Waals surface area contributed by atoms with Crippen LogP contribution in [0.3, 0.4) is 0 Å². The number of nitrogens with two attached hydrogens (primary N) is 2. The fourth-order valence-corrected chi connectivity index (χ4v) is 0.675. The van der Waals surface area contributed by atoms with Crippen LogP contribution >= 0.6 is 0 Å². The molecule has 0 fully saturated rings. The van der Waals surface area contributed by atoms with E-state index in [9.17, 15) is 0 Å². The Hall–Kier alpha value is -1.51. The van der Waals surface area contributed by atoms with E-state index in [1.807, 2.05) is 26.0 Å². The lowest BCUT2D eigenvalue weighted by atomic mass is 10.2. The van der Waals surface area contributed by atoms with Crippen LogP contribution in [0.1, 0.15) is 19.4 Å². The quantitative estimate of drug-likeness (QED) is 0.664. The normalized spacial score (nSPS) is 9.17. The summed E-state index contributed by atoms with van der Waals surface area (Å²) in [5.74, 6) is 0.504. The molecular formula is C9H15N3. The predicted octanol–water partition coefficient (Wildman–Crippen LogP) is 1.62. The van der Waals surface area contributed by atoms with Crippen molar-refractivity contribution in [3.05, 3.63) is 30.1 Å². The maximum atomic E-state index is 5.49. The molecule has 12 heavy (non-hydrogen) atoms. The number of aromatic nitrogens is 1. The SMILES string of the molecule is CC.N/C=C\c1cccnc1N. The molecule has 1 heterocycles. The highest BCUT2D eigenvalue weighted by Gasteiger charge is 1.90. The van der Waals surface area contributed by atoms with E-state index in [0.29, 0.717) is 5.82 Å². The van der Waals surface area contributed by atoms with E-state index in [-0.39, 0.29) is 0 Å². The molecule has 0 saturated heterocycles. The summed E-state index contributed by atoms with van der Waals surface area (Å²) in [5.41, 5.74) is 11.5. The second-order valence-corrected chi connectivity index (χ2v) is 1.84. The molecule has 0 aliphatic rings. The number of hydrogen-bond acceptors (Lipinski definition) is 3. The molecule has 0 unspecified atom stereocenters. The first-order valence-corrected chi connectivity index (χ1v) is 3.93. The third kappa shape index (κ3) is 3.05. The summed E-state index contributed by atoms with van der Waals surface area (Å²) in [6.07, 6.45) is 4.79. The lowest BCUT2D eigenvalue weighted by Crippen LogP contribution is -1.92. The Morgan fingerprint density at radius 3 is 2.58 bits per heavy atom. The molecule has 1 aromatic rings. The van der Waals surface area contributed by atoms with E-state index in [0.717, 1.165) is 5.56 Å². The van der Waals surface area contributed by atoms with Gasteiger partial charge in [-0.1, -0.05) is 13.8 Å². The van der Waals surface area contributed by atoms with Crippen LogP contribution in [0.4, 0.5) is 5.82 Å². The van der Waals surface area contributed by atoms with Gasteiger partial charge in [0.05, 0.1) is 0 Å². The second-order valence-electron chi connectivity index (χ2n) is 1.84. The number of rotatable bonds is 1. The van der Waals surface area contributed by atoms with Gasteiger partial charge in [0.25, 0.3) is 0 Å². The second kappa shape index (κ2) is 6.22. The standard InChI is InChI=1S/C7H9N3.C2H6/c8-4-3-6-2-1-5-10-7(6)9;1-2/h1-5H,8H2,(H2,9,10);1-2H3/b4-3-;. The van der Waals surface area contributed by atoms with Gasteiger partial charge in [0.2, 0.25) is 0 Å². The van der Waals surface area contributed by atoms with Gasteiger partial charge >= 0.3 is 0 Å². The third-order valence-electron chi connectivity index (χ3n) is 1.15. The van der Waals surface area contributed by atoms with Gasteiger partial charge in [-0.3, -0.25) is 0 Å². The van der Waals surface area contributed by atoms with Gasteiger partial charge in [0.15, 0.2) is 0 Å². The lowest BCUT2D eigenvalue weighted by Gasteiger charge is -1.94. The molecule has 0 saturated carbocycles. The van der Waals surface area contributed by atoms with Crippen molar-refractivity contribution in [3.63, 3.8) is 0 Å². The van der Waals surface area contributed by atoms with E-state index < -0.39 is 0 Å². The highest BCUT2D eigenvalue weighted by Crippen LogP contribution is 2.07. The van der Waals surface area contributed by atoms with E-state index in [1.54, 1.807) is 12.3 Å². The summed E-state index contributed by atoms with van der Waals surface area (Å²) in [4.78, 5) is 3.87. The van der Waals surface area contributed by atoms with Gasteiger partial charge in [-0.15, -0.1) is 0 Å². The van der Waals surface area contributed by atoms with Crippen LogP contribution in [-0.2, 0) is 0 Å². The zero-order valence-corrected chi connectivity index (χ0v) is 7.49. The van der Waals surface area contributed by atoms with Gasteiger partial charge in [0, 0.05) is 11.8 Å². The van der Waals surface area contributed by atoms with Crippen LogP contribution < -0.4 is 11.5 Å². The van der Waals surface area contributed by atoms with Crippen molar-refractivity contribution in [2.24, 2.45) is 5.73 Å². The van der Waals surface area contributed by atoms with E-state index in [2.05, 4.69) is 4.98 Å². The molecule has 4 N–H and O–H groups in total. The first kappa shape index (κ1) is 10.5. The van der Waals surface area contributed by atoms with Crippen LogP contribution in [-0.4, -0.2) is 4.98 Å². The topological polar surface area (TPSA) is 64.9 Å². The molecule has 0 radical (unpaired) electrons. The smallest absolute Gasteiger partial charge is 0.130 e. The zero-order valence-electron chi connectivity index (χ0n) is 7.49. The molecule has 66 valence electrons. The largest absolute Gasteiger partial charge is 0.405 e. The highest BCUT2D eigenvalue weighted by molar-refractivity contribution is 5.59. The van der Waals surface area contributed by atoms with Crippen LogP contribution in [0, 0.1) is 0 Å². The third-order valence-corrected chi connectivity index (χ3v) is 1.15. The van der Waals surface area contributed by atoms with Crippen molar-refractivity contribution in [1.82, 2.24) is 4.98 Å². The van der Waals surface area contributed by atoms with Gasteiger partial charge in [-0.2, -0.15) is 0 Å². The van der Waals surface area contributed by atoms with Gasteiger partial charge in [-0.25, -0.2) is 4.98 Å². The summed E-state index contributed by atoms with van der Waals surface area (Å²) in [5, 5.41) is 0. The van der Waals surface area contributed by atoms with E-state index in [1.165, 1.54) is 6.20 Å². The van der Waals surface area contributed by atoms with E-state index in [4.69, 9.17) is 11.5 Å². The number of anilines is 1. The minimum atomic E-state index is 0.504. The molecule has 1 rings (SSSR count). The van der Waals surface area contributed by atoms with Gasteiger partial charge in [-0.05, 0) is 24.4 Å². The highest BCUT2D eigenvalue weighted by atomic mass is 14.8. The van der Waals surface area contributed by atoms with Gasteiger partial charge < -0.3 is 11.5 Å². The summed E-state index contributed by atoms with van der Waals surface area (Å²) in [7, 11) is 0. The summed E-state index contributed by atoms with van der Waals surface area (Å²) in [6, 6.07) is 3.66. The summed E-state index contributed by atoms with van der Waals surface area (Å²) in [6.45, 7) is 4.00. The number of nitrogen functional groups attached to an aromatic ring is 1. The van der Waals surface area contributed by atoms with Crippen molar-refractivity contribution in [2.45, 2.75) is 13.8 Å². The summed E-state index contributed by atoms with van der Waals surface area (Å²) >= 11 is 0. The Labute approximate surface area is 73.1 Å². The number of nitrogens with zero attached hydrogens (tertiary/aromatic N) is 1.